The highest BCUT2D eigenvalue weighted by molar-refractivity contribution is 5.77. The summed E-state index contributed by atoms with van der Waals surface area (Å²) in [6.45, 7) is 13.3. The van der Waals surface area contributed by atoms with E-state index in [0.717, 1.165) is 5.56 Å². The van der Waals surface area contributed by atoms with Crippen molar-refractivity contribution in [1.29, 1.82) is 0 Å². The molecular formula is C27H41NO6. The number of hydrogen-bond donors (Lipinski definition) is 0. The highest BCUT2D eigenvalue weighted by Crippen LogP contribution is 2.39. The lowest BCUT2D eigenvalue weighted by Gasteiger charge is -2.44. The van der Waals surface area contributed by atoms with E-state index >= 15 is 0 Å². The van der Waals surface area contributed by atoms with E-state index in [4.69, 9.17) is 18.9 Å². The van der Waals surface area contributed by atoms with Crippen molar-refractivity contribution in [3.8, 4) is 0 Å². The fourth-order valence-electron chi connectivity index (χ4n) is 4.59. The molecule has 190 valence electrons. The number of benzene rings is 1. The predicted octanol–water partition coefficient (Wildman–Crippen LogP) is 4.47. The molecule has 2 fully saturated rings. The predicted molar refractivity (Wildman–Crippen MR) is 129 cm³/mol. The van der Waals surface area contributed by atoms with Gasteiger partial charge in [0, 0.05) is 25.3 Å². The number of fused-ring (bicyclic) bond motifs is 1. The van der Waals surface area contributed by atoms with Crippen LogP contribution >= 0.6 is 0 Å². The second kappa shape index (κ2) is 11.2. The van der Waals surface area contributed by atoms with Crippen LogP contribution in [0.5, 0.6) is 0 Å². The molecule has 0 aromatic heterocycles. The summed E-state index contributed by atoms with van der Waals surface area (Å²) >= 11 is 0. The molecule has 2 heterocycles. The average Bonchev–Trinajstić information content (AvgIpc) is 3.10. The molecule has 1 aromatic rings. The van der Waals surface area contributed by atoms with E-state index < -0.39 is 5.79 Å². The Balaban J connectivity index is 1.51. The Kier molecular flexibility index (Phi) is 8.77. The van der Waals surface area contributed by atoms with E-state index in [2.05, 4.69) is 6.92 Å². The van der Waals surface area contributed by atoms with Crippen LogP contribution in [-0.2, 0) is 35.1 Å². The Labute approximate surface area is 204 Å². The molecule has 4 atom stereocenters. The maximum atomic E-state index is 13.2. The fourth-order valence-corrected chi connectivity index (χ4v) is 4.59. The van der Waals surface area contributed by atoms with Gasteiger partial charge in [-0.25, -0.2) is 0 Å². The van der Waals surface area contributed by atoms with E-state index in [0.29, 0.717) is 38.8 Å². The van der Waals surface area contributed by atoms with Gasteiger partial charge in [-0.3, -0.25) is 9.59 Å². The molecule has 3 rings (SSSR count). The van der Waals surface area contributed by atoms with Crippen molar-refractivity contribution in [3.05, 3.63) is 35.9 Å². The summed E-state index contributed by atoms with van der Waals surface area (Å²) in [6, 6.07) is 9.42. The Hall–Kier alpha value is -1.96. The van der Waals surface area contributed by atoms with E-state index in [9.17, 15) is 9.59 Å². The van der Waals surface area contributed by atoms with Gasteiger partial charge in [-0.05, 0) is 53.0 Å². The van der Waals surface area contributed by atoms with Crippen LogP contribution in [0.15, 0.2) is 30.3 Å². The monoisotopic (exact) mass is 475 g/mol. The van der Waals surface area contributed by atoms with Crippen molar-refractivity contribution in [3.63, 3.8) is 0 Å². The van der Waals surface area contributed by atoms with Crippen LogP contribution in [0.1, 0.15) is 72.8 Å². The Morgan fingerprint density at radius 3 is 2.38 bits per heavy atom. The third kappa shape index (κ3) is 7.52. The zero-order valence-corrected chi connectivity index (χ0v) is 21.5. The number of piperidine rings is 1. The van der Waals surface area contributed by atoms with Crippen LogP contribution in [0, 0.1) is 5.92 Å². The van der Waals surface area contributed by atoms with Crippen LogP contribution in [0.25, 0.3) is 0 Å². The maximum Gasteiger partial charge on any atom is 0.306 e. The first-order valence-corrected chi connectivity index (χ1v) is 12.4. The van der Waals surface area contributed by atoms with Crippen LogP contribution in [-0.4, -0.2) is 59.6 Å². The number of nitrogens with zero attached hydrogens (tertiary/aromatic N) is 1. The number of likely N-dealkylation sites (tertiary alicyclic amines) is 1. The van der Waals surface area contributed by atoms with Gasteiger partial charge < -0.3 is 23.8 Å². The number of esters is 1. The number of amides is 1. The highest BCUT2D eigenvalue weighted by Gasteiger charge is 2.53. The minimum atomic E-state index is -0.678. The molecule has 34 heavy (non-hydrogen) atoms. The molecule has 0 bridgehead atoms. The van der Waals surface area contributed by atoms with Gasteiger partial charge in [-0.15, -0.1) is 0 Å². The van der Waals surface area contributed by atoms with Gasteiger partial charge in [-0.2, -0.15) is 0 Å². The molecule has 7 heteroatoms. The van der Waals surface area contributed by atoms with Crippen LogP contribution < -0.4 is 0 Å². The summed E-state index contributed by atoms with van der Waals surface area (Å²) < 4.78 is 23.8. The standard InChI is InChI=1S/C27H41NO6/c1-19-16-28(21(18-32-26(2,3)4)25-24(19)33-27(5,6)34-25)22(29)14-10-11-15-23(30)31-17-20-12-8-7-9-13-20/h7-9,12-13,19,21,24-25H,10-11,14-18H2,1-6H3/t19-,21?,24+,25-/m0/s1. The molecule has 1 unspecified atom stereocenters. The number of carbonyl (C=O) groups excluding carboxylic acids is 2. The zero-order chi connectivity index (χ0) is 24.9. The summed E-state index contributed by atoms with van der Waals surface area (Å²) in [4.78, 5) is 27.2. The van der Waals surface area contributed by atoms with Gasteiger partial charge in [0.05, 0.1) is 24.4 Å². The second-order valence-electron chi connectivity index (χ2n) is 10.9. The minimum Gasteiger partial charge on any atom is -0.461 e. The van der Waals surface area contributed by atoms with Gasteiger partial charge >= 0.3 is 5.97 Å². The summed E-state index contributed by atoms with van der Waals surface area (Å²) in [7, 11) is 0. The summed E-state index contributed by atoms with van der Waals surface area (Å²) in [5.41, 5.74) is 0.649. The molecule has 0 saturated carbocycles. The zero-order valence-electron chi connectivity index (χ0n) is 21.5. The van der Waals surface area contributed by atoms with Crippen molar-refractivity contribution in [2.45, 2.75) is 103 Å². The van der Waals surface area contributed by atoms with Gasteiger partial charge in [-0.1, -0.05) is 37.3 Å². The molecule has 1 aromatic carbocycles. The molecule has 2 aliphatic heterocycles. The minimum absolute atomic E-state index is 0.0630. The lowest BCUT2D eigenvalue weighted by Crippen LogP contribution is -2.61. The summed E-state index contributed by atoms with van der Waals surface area (Å²) in [5, 5.41) is 0. The van der Waals surface area contributed by atoms with Crippen molar-refractivity contribution in [2.75, 3.05) is 13.2 Å². The molecule has 1 amide bonds. The summed E-state index contributed by atoms with van der Waals surface area (Å²) in [5.74, 6) is -0.683. The Morgan fingerprint density at radius 1 is 1.06 bits per heavy atom. The lowest BCUT2D eigenvalue weighted by atomic mass is 9.88. The van der Waals surface area contributed by atoms with Crippen molar-refractivity contribution < 1.29 is 28.5 Å². The molecule has 2 saturated heterocycles. The number of hydrogen-bond acceptors (Lipinski definition) is 6. The Bertz CT molecular complexity index is 818. The first-order valence-electron chi connectivity index (χ1n) is 12.4. The van der Waals surface area contributed by atoms with Crippen molar-refractivity contribution >= 4 is 11.9 Å². The topological polar surface area (TPSA) is 74.3 Å². The average molecular weight is 476 g/mol. The fraction of sp³-hybridized carbons (Fsp3) is 0.704. The van der Waals surface area contributed by atoms with Crippen LogP contribution in [0.4, 0.5) is 0 Å². The van der Waals surface area contributed by atoms with Crippen molar-refractivity contribution in [2.24, 2.45) is 5.92 Å². The highest BCUT2D eigenvalue weighted by atomic mass is 16.8. The third-order valence-corrected chi connectivity index (χ3v) is 6.26. The first kappa shape index (κ1) is 26.6. The number of unbranched alkanes of at least 4 members (excludes halogenated alkanes) is 1. The number of rotatable bonds is 9. The van der Waals surface area contributed by atoms with E-state index in [-0.39, 0.29) is 48.3 Å². The lowest BCUT2D eigenvalue weighted by molar-refractivity contribution is -0.159. The molecule has 7 nitrogen and oxygen atoms in total. The first-order chi connectivity index (χ1) is 16.0. The van der Waals surface area contributed by atoms with Gasteiger partial charge in [0.25, 0.3) is 0 Å². The summed E-state index contributed by atoms with van der Waals surface area (Å²) in [6.07, 6.45) is 1.65. The quantitative estimate of drug-likeness (QED) is 0.387. The molecule has 0 N–H and O–H groups in total. The number of carbonyl (C=O) groups is 2. The van der Waals surface area contributed by atoms with Gasteiger partial charge in [0.15, 0.2) is 5.79 Å². The third-order valence-electron chi connectivity index (χ3n) is 6.26. The van der Waals surface area contributed by atoms with E-state index in [1.165, 1.54) is 0 Å². The normalized spacial score (nSPS) is 26.2. The molecule has 0 spiro atoms. The molecule has 2 aliphatic rings. The number of ether oxygens (including phenoxy) is 4. The second-order valence-corrected chi connectivity index (χ2v) is 10.9. The SMILES string of the molecule is C[C@H]1CN(C(=O)CCCCC(=O)OCc2ccccc2)C(COC(C)(C)C)[C@@H]2OC(C)(C)O[C@H]12. The smallest absolute Gasteiger partial charge is 0.306 e. The van der Waals surface area contributed by atoms with Crippen LogP contribution in [0.3, 0.4) is 0 Å². The maximum absolute atomic E-state index is 13.2. The van der Waals surface area contributed by atoms with Gasteiger partial charge in [0.1, 0.15) is 12.7 Å². The van der Waals surface area contributed by atoms with Crippen molar-refractivity contribution in [1.82, 2.24) is 4.90 Å². The van der Waals surface area contributed by atoms with Crippen LogP contribution in [0.2, 0.25) is 0 Å². The van der Waals surface area contributed by atoms with Gasteiger partial charge in [0.2, 0.25) is 5.91 Å². The largest absolute Gasteiger partial charge is 0.461 e. The van der Waals surface area contributed by atoms with E-state index in [1.807, 2.05) is 69.9 Å². The Morgan fingerprint density at radius 2 is 1.71 bits per heavy atom. The molecule has 0 aliphatic carbocycles. The molecule has 0 radical (unpaired) electrons. The van der Waals surface area contributed by atoms with E-state index in [1.54, 1.807) is 0 Å². The molecular weight excluding hydrogens is 434 g/mol.